The third-order valence-corrected chi connectivity index (χ3v) is 3.84. The van der Waals surface area contributed by atoms with Crippen LogP contribution in [0.25, 0.3) is 0 Å². The first-order chi connectivity index (χ1) is 9.07. The lowest BCUT2D eigenvalue weighted by Crippen LogP contribution is -2.53. The molecule has 0 amide bonds. The Balaban J connectivity index is 2.43. The molecule has 1 aliphatic heterocycles. The summed E-state index contributed by atoms with van der Waals surface area (Å²) in [7, 11) is 3.22. The first-order valence-corrected chi connectivity index (χ1v) is 6.24. The number of aliphatic hydroxyl groups is 1. The molecule has 1 atom stereocenters. The number of ether oxygens (including phenoxy) is 3. The number of methoxy groups -OCH3 is 2. The highest BCUT2D eigenvalue weighted by atomic mass is 16.5. The van der Waals surface area contributed by atoms with Gasteiger partial charge in [-0.2, -0.15) is 0 Å². The van der Waals surface area contributed by atoms with Gasteiger partial charge >= 0.3 is 0 Å². The number of rotatable bonds is 5. The van der Waals surface area contributed by atoms with E-state index >= 15 is 0 Å². The first-order valence-electron chi connectivity index (χ1n) is 6.24. The SMILES string of the molecule is COc1cc(C)c(C(N)C2(CO)COC2)c(OC)c1. The molecule has 1 aromatic carbocycles. The van der Waals surface area contributed by atoms with Crippen LogP contribution in [-0.2, 0) is 4.74 Å². The Bertz CT molecular complexity index is 451. The van der Waals surface area contributed by atoms with Gasteiger partial charge in [0.15, 0.2) is 0 Å². The Morgan fingerprint density at radius 3 is 2.47 bits per heavy atom. The van der Waals surface area contributed by atoms with Crippen molar-refractivity contribution in [2.45, 2.75) is 13.0 Å². The predicted molar refractivity (Wildman–Crippen MR) is 71.5 cm³/mol. The lowest BCUT2D eigenvalue weighted by molar-refractivity contribution is -0.150. The van der Waals surface area contributed by atoms with Gasteiger partial charge in [0.2, 0.25) is 0 Å². The Kier molecular flexibility index (Phi) is 3.99. The molecular formula is C14H21NO4. The van der Waals surface area contributed by atoms with Crippen LogP contribution in [0.2, 0.25) is 0 Å². The van der Waals surface area contributed by atoms with Crippen LogP contribution in [0.3, 0.4) is 0 Å². The molecule has 0 bridgehead atoms. The molecule has 0 aromatic heterocycles. The molecule has 0 aliphatic carbocycles. The van der Waals surface area contributed by atoms with Crippen molar-refractivity contribution >= 4 is 0 Å². The van der Waals surface area contributed by atoms with Crippen LogP contribution in [0.1, 0.15) is 17.2 Å². The van der Waals surface area contributed by atoms with E-state index in [1.54, 1.807) is 14.2 Å². The van der Waals surface area contributed by atoms with Crippen molar-refractivity contribution in [3.63, 3.8) is 0 Å². The van der Waals surface area contributed by atoms with Crippen LogP contribution in [0.4, 0.5) is 0 Å². The fourth-order valence-corrected chi connectivity index (χ4v) is 2.46. The van der Waals surface area contributed by atoms with E-state index in [1.807, 2.05) is 19.1 Å². The first kappa shape index (κ1) is 14.1. The van der Waals surface area contributed by atoms with Crippen LogP contribution in [-0.4, -0.2) is 39.1 Å². The van der Waals surface area contributed by atoms with E-state index in [4.69, 9.17) is 19.9 Å². The zero-order valence-electron chi connectivity index (χ0n) is 11.6. The fraction of sp³-hybridized carbons (Fsp3) is 0.571. The summed E-state index contributed by atoms with van der Waals surface area (Å²) in [4.78, 5) is 0. The zero-order valence-corrected chi connectivity index (χ0v) is 11.6. The summed E-state index contributed by atoms with van der Waals surface area (Å²) in [6, 6.07) is 3.40. The molecule has 1 aliphatic rings. The summed E-state index contributed by atoms with van der Waals surface area (Å²) >= 11 is 0. The number of aryl methyl sites for hydroxylation is 1. The van der Waals surface area contributed by atoms with E-state index in [-0.39, 0.29) is 12.6 Å². The highest BCUT2D eigenvalue weighted by molar-refractivity contribution is 5.48. The molecule has 1 saturated heterocycles. The molecule has 0 spiro atoms. The molecule has 1 heterocycles. The van der Waals surface area contributed by atoms with Crippen molar-refractivity contribution < 1.29 is 19.3 Å². The molecule has 0 radical (unpaired) electrons. The third-order valence-electron chi connectivity index (χ3n) is 3.84. The van der Waals surface area contributed by atoms with E-state index in [1.165, 1.54) is 0 Å². The normalized spacial score (nSPS) is 18.6. The van der Waals surface area contributed by atoms with Gasteiger partial charge in [-0.3, -0.25) is 0 Å². The van der Waals surface area contributed by atoms with Gasteiger partial charge in [0.25, 0.3) is 0 Å². The smallest absolute Gasteiger partial charge is 0.127 e. The maximum absolute atomic E-state index is 9.60. The van der Waals surface area contributed by atoms with Gasteiger partial charge in [0.05, 0.1) is 39.5 Å². The van der Waals surface area contributed by atoms with Crippen LogP contribution in [0, 0.1) is 12.3 Å². The topological polar surface area (TPSA) is 73.9 Å². The fourth-order valence-electron chi connectivity index (χ4n) is 2.46. The standard InChI is InChI=1S/C14H21NO4/c1-9-4-10(17-2)5-11(18-3)12(9)13(15)14(6-16)7-19-8-14/h4-5,13,16H,6-8,15H2,1-3H3. The van der Waals surface area contributed by atoms with Gasteiger partial charge in [-0.1, -0.05) is 0 Å². The molecule has 106 valence electrons. The molecule has 1 unspecified atom stereocenters. The summed E-state index contributed by atoms with van der Waals surface area (Å²) in [5, 5.41) is 9.60. The van der Waals surface area contributed by atoms with Crippen LogP contribution < -0.4 is 15.2 Å². The van der Waals surface area contributed by atoms with E-state index in [0.29, 0.717) is 19.0 Å². The molecule has 2 rings (SSSR count). The second-order valence-corrected chi connectivity index (χ2v) is 5.05. The molecule has 5 heteroatoms. The molecule has 0 saturated carbocycles. The molecule has 1 fully saturated rings. The van der Waals surface area contributed by atoms with Crippen molar-refractivity contribution in [1.82, 2.24) is 0 Å². The quantitative estimate of drug-likeness (QED) is 0.833. The largest absolute Gasteiger partial charge is 0.497 e. The lowest BCUT2D eigenvalue weighted by atomic mass is 9.75. The van der Waals surface area contributed by atoms with E-state index in [2.05, 4.69) is 0 Å². The van der Waals surface area contributed by atoms with E-state index in [0.717, 1.165) is 16.9 Å². The number of nitrogens with two attached hydrogens (primary N) is 1. The highest BCUT2D eigenvalue weighted by Gasteiger charge is 2.45. The van der Waals surface area contributed by atoms with Crippen molar-refractivity contribution in [3.8, 4) is 11.5 Å². The van der Waals surface area contributed by atoms with Gasteiger partial charge in [-0.25, -0.2) is 0 Å². The summed E-state index contributed by atoms with van der Waals surface area (Å²) in [6.45, 7) is 2.91. The summed E-state index contributed by atoms with van der Waals surface area (Å²) in [6.07, 6.45) is 0. The highest BCUT2D eigenvalue weighted by Crippen LogP contribution is 2.43. The maximum Gasteiger partial charge on any atom is 0.127 e. The Morgan fingerprint density at radius 2 is 2.05 bits per heavy atom. The molecule has 1 aromatic rings. The van der Waals surface area contributed by atoms with Gasteiger partial charge in [-0.05, 0) is 18.6 Å². The van der Waals surface area contributed by atoms with E-state index < -0.39 is 5.41 Å². The summed E-state index contributed by atoms with van der Waals surface area (Å²) in [5.74, 6) is 1.41. The number of aliphatic hydroxyl groups excluding tert-OH is 1. The number of benzene rings is 1. The van der Waals surface area contributed by atoms with E-state index in [9.17, 15) is 5.11 Å². The molecule has 5 nitrogen and oxygen atoms in total. The average Bonchev–Trinajstić information content (AvgIpc) is 2.36. The monoisotopic (exact) mass is 267 g/mol. The summed E-state index contributed by atoms with van der Waals surface area (Å²) < 4.78 is 15.9. The minimum absolute atomic E-state index is 0.00277. The Morgan fingerprint density at radius 1 is 1.37 bits per heavy atom. The second kappa shape index (κ2) is 5.36. The molecular weight excluding hydrogens is 246 g/mol. The molecule has 19 heavy (non-hydrogen) atoms. The Labute approximate surface area is 113 Å². The van der Waals surface area contributed by atoms with Gasteiger partial charge < -0.3 is 25.1 Å². The minimum Gasteiger partial charge on any atom is -0.497 e. The molecule has 3 N–H and O–H groups in total. The van der Waals surface area contributed by atoms with Crippen molar-refractivity contribution in [2.24, 2.45) is 11.1 Å². The Hall–Kier alpha value is -1.30. The van der Waals surface area contributed by atoms with Gasteiger partial charge in [0, 0.05) is 17.7 Å². The van der Waals surface area contributed by atoms with Crippen molar-refractivity contribution in [2.75, 3.05) is 34.0 Å². The third kappa shape index (κ3) is 2.29. The van der Waals surface area contributed by atoms with Crippen LogP contribution in [0.5, 0.6) is 11.5 Å². The second-order valence-electron chi connectivity index (χ2n) is 5.05. The number of hydrogen-bond donors (Lipinski definition) is 2. The van der Waals surface area contributed by atoms with Crippen molar-refractivity contribution in [1.29, 1.82) is 0 Å². The van der Waals surface area contributed by atoms with Crippen LogP contribution >= 0.6 is 0 Å². The van der Waals surface area contributed by atoms with Crippen molar-refractivity contribution in [3.05, 3.63) is 23.3 Å². The average molecular weight is 267 g/mol. The number of hydrogen-bond acceptors (Lipinski definition) is 5. The minimum atomic E-state index is -0.410. The zero-order chi connectivity index (χ0) is 14.0. The van der Waals surface area contributed by atoms with Gasteiger partial charge in [-0.15, -0.1) is 0 Å². The van der Waals surface area contributed by atoms with Gasteiger partial charge in [0.1, 0.15) is 11.5 Å². The lowest BCUT2D eigenvalue weighted by Gasteiger charge is -2.45. The maximum atomic E-state index is 9.60. The summed E-state index contributed by atoms with van der Waals surface area (Å²) in [5.41, 5.74) is 7.84. The predicted octanol–water partition coefficient (Wildman–Crippen LogP) is 1.02. The van der Waals surface area contributed by atoms with Crippen LogP contribution in [0.15, 0.2) is 12.1 Å².